The average Bonchev–Trinajstić information content (AvgIpc) is 3.92. The van der Waals surface area contributed by atoms with Crippen molar-refractivity contribution in [1.82, 2.24) is 24.1 Å². The summed E-state index contributed by atoms with van der Waals surface area (Å²) in [6.45, 7) is 7.94. The number of hydrogen-bond donors (Lipinski definition) is 0. The molecule has 0 bridgehead atoms. The lowest BCUT2D eigenvalue weighted by atomic mass is 9.98. The van der Waals surface area contributed by atoms with Gasteiger partial charge >= 0.3 is 0 Å². The second-order valence-electron chi connectivity index (χ2n) is 16.5. The molecule has 0 saturated heterocycles. The van der Waals surface area contributed by atoms with Crippen LogP contribution in [-0.4, -0.2) is 24.1 Å². The monoisotopic (exact) mass is 866 g/mol. The molecule has 0 atom stereocenters. The molecule has 8 heteroatoms. The van der Waals surface area contributed by atoms with Crippen molar-refractivity contribution in [3.8, 4) is 79.9 Å². The van der Waals surface area contributed by atoms with E-state index in [-0.39, 0.29) is 0 Å². The fraction of sp³-hybridized carbons (Fsp3) is 0. The van der Waals surface area contributed by atoms with Crippen LogP contribution in [0, 0.1) is 29.2 Å². The largest absolute Gasteiger partial charge is 0.308 e. The van der Waals surface area contributed by atoms with Crippen molar-refractivity contribution < 1.29 is 0 Å². The SMILES string of the molecule is [C-]#[N+]c1ccccc1-c1ccc2c(c1)c1ccccc1n2-c1cc(C#N)cc(-n2c3ccccc3c3cc(-c4ccccc4C#N)ccc32)c1-c1nc(-c2ccccc2)nc(-c2ccccc2)n1. The van der Waals surface area contributed by atoms with Crippen molar-refractivity contribution in [3.05, 3.63) is 229 Å². The van der Waals surface area contributed by atoms with Gasteiger partial charge in [0.15, 0.2) is 23.2 Å². The minimum Gasteiger partial charge on any atom is -0.308 e. The maximum atomic E-state index is 11.0. The third-order valence-electron chi connectivity index (χ3n) is 12.7. The van der Waals surface area contributed by atoms with E-state index in [0.29, 0.717) is 51.2 Å². The first-order chi connectivity index (χ1) is 33.6. The summed E-state index contributed by atoms with van der Waals surface area (Å²) in [7, 11) is 0. The molecule has 0 amide bonds. The van der Waals surface area contributed by atoms with Crippen molar-refractivity contribution >= 4 is 49.3 Å². The fourth-order valence-corrected chi connectivity index (χ4v) is 9.63. The van der Waals surface area contributed by atoms with Gasteiger partial charge in [-0.1, -0.05) is 152 Å². The smallest absolute Gasteiger partial charge is 0.194 e. The average molecular weight is 867 g/mol. The zero-order valence-corrected chi connectivity index (χ0v) is 36.2. The van der Waals surface area contributed by atoms with E-state index < -0.39 is 0 Å². The van der Waals surface area contributed by atoms with Gasteiger partial charge in [-0.3, -0.25) is 0 Å². The van der Waals surface area contributed by atoms with E-state index in [1.54, 1.807) is 0 Å². The molecular weight excluding hydrogens is 833 g/mol. The Morgan fingerprint density at radius 3 is 1.40 bits per heavy atom. The number of para-hydroxylation sites is 3. The second-order valence-corrected chi connectivity index (χ2v) is 16.5. The standard InChI is InChI=1S/C60H34N8/c1-63-50-25-13-10-22-45(50)42-29-31-54-49(35-42)47-24-12-15-27-52(47)68(54)56-33-38(36-61)32-55(57(56)60-65-58(39-16-4-2-5-17-39)64-59(66-60)40-18-6-3-7-19-40)67-51-26-14-11-23-46(51)48-34-41(28-30-53(48)67)44-21-9-8-20-43(44)37-62/h2-35H. The number of nitriles is 2. The number of rotatable bonds is 7. The number of aromatic nitrogens is 5. The van der Waals surface area contributed by atoms with Gasteiger partial charge in [-0.15, -0.1) is 0 Å². The lowest BCUT2D eigenvalue weighted by molar-refractivity contribution is 1.05. The normalized spacial score (nSPS) is 11.2. The lowest BCUT2D eigenvalue weighted by Gasteiger charge is -2.20. The van der Waals surface area contributed by atoms with Crippen LogP contribution in [0.1, 0.15) is 11.1 Å². The van der Waals surface area contributed by atoms with Crippen molar-refractivity contribution in [1.29, 1.82) is 10.5 Å². The Morgan fingerprint density at radius 1 is 0.397 bits per heavy atom. The summed E-state index contributed by atoms with van der Waals surface area (Å²) in [5, 5.41) is 25.1. The first kappa shape index (κ1) is 39.6. The van der Waals surface area contributed by atoms with Crippen LogP contribution < -0.4 is 0 Å². The van der Waals surface area contributed by atoms with E-state index in [0.717, 1.165) is 77.0 Å². The zero-order chi connectivity index (χ0) is 45.7. The molecule has 0 N–H and O–H groups in total. The molecule has 314 valence electrons. The van der Waals surface area contributed by atoms with Crippen LogP contribution in [0.4, 0.5) is 5.69 Å². The Morgan fingerprint density at radius 2 is 0.853 bits per heavy atom. The van der Waals surface area contributed by atoms with Crippen LogP contribution in [0.5, 0.6) is 0 Å². The summed E-state index contributed by atoms with van der Waals surface area (Å²) < 4.78 is 4.43. The summed E-state index contributed by atoms with van der Waals surface area (Å²) in [6, 6.07) is 73.2. The topological polar surface area (TPSA) is 100 Å². The molecule has 0 spiro atoms. The Kier molecular flexibility index (Phi) is 9.47. The predicted molar refractivity (Wildman–Crippen MR) is 271 cm³/mol. The van der Waals surface area contributed by atoms with Crippen LogP contribution in [0.2, 0.25) is 0 Å². The summed E-state index contributed by atoms with van der Waals surface area (Å²) >= 11 is 0. The fourth-order valence-electron chi connectivity index (χ4n) is 9.63. The summed E-state index contributed by atoms with van der Waals surface area (Å²) in [5.41, 5.74) is 12.6. The third-order valence-corrected chi connectivity index (χ3v) is 12.7. The van der Waals surface area contributed by atoms with E-state index in [9.17, 15) is 10.5 Å². The van der Waals surface area contributed by atoms with Gasteiger partial charge in [-0.2, -0.15) is 10.5 Å². The van der Waals surface area contributed by atoms with E-state index >= 15 is 0 Å². The molecule has 68 heavy (non-hydrogen) atoms. The van der Waals surface area contributed by atoms with Gasteiger partial charge in [0.2, 0.25) is 0 Å². The van der Waals surface area contributed by atoms with E-state index in [2.05, 4.69) is 86.8 Å². The summed E-state index contributed by atoms with van der Waals surface area (Å²) in [6.07, 6.45) is 0. The first-order valence-corrected chi connectivity index (χ1v) is 22.1. The van der Waals surface area contributed by atoms with E-state index in [1.807, 2.05) is 146 Å². The van der Waals surface area contributed by atoms with Crippen molar-refractivity contribution in [2.24, 2.45) is 0 Å². The minimum atomic E-state index is 0.422. The van der Waals surface area contributed by atoms with Crippen LogP contribution in [0.15, 0.2) is 206 Å². The molecule has 3 aromatic heterocycles. The maximum absolute atomic E-state index is 11.0. The molecule has 0 aliphatic heterocycles. The number of fused-ring (bicyclic) bond motifs is 6. The molecule has 12 rings (SSSR count). The van der Waals surface area contributed by atoms with Crippen LogP contribution in [-0.2, 0) is 0 Å². The number of benzene rings is 9. The Hall–Kier alpha value is -9.94. The van der Waals surface area contributed by atoms with Gasteiger partial charge in [0.1, 0.15) is 0 Å². The van der Waals surface area contributed by atoms with Crippen molar-refractivity contribution in [2.75, 3.05) is 0 Å². The Bertz CT molecular complexity index is 3870. The van der Waals surface area contributed by atoms with Gasteiger partial charge in [-0.25, -0.2) is 19.8 Å². The molecule has 0 aliphatic rings. The summed E-state index contributed by atoms with van der Waals surface area (Å²) in [4.78, 5) is 19.7. The predicted octanol–water partition coefficient (Wildman–Crippen LogP) is 14.7. The van der Waals surface area contributed by atoms with Gasteiger partial charge in [0.05, 0.1) is 68.8 Å². The number of nitrogens with zero attached hydrogens (tertiary/aromatic N) is 8. The highest BCUT2D eigenvalue weighted by Crippen LogP contribution is 2.44. The molecule has 8 nitrogen and oxygen atoms in total. The molecule has 0 aliphatic carbocycles. The van der Waals surface area contributed by atoms with E-state index in [4.69, 9.17) is 21.5 Å². The minimum absolute atomic E-state index is 0.422. The van der Waals surface area contributed by atoms with E-state index in [1.165, 1.54) is 0 Å². The second kappa shape index (κ2) is 16.2. The Labute approximate surface area is 391 Å². The molecule has 0 saturated carbocycles. The Balaban J connectivity index is 1.23. The lowest BCUT2D eigenvalue weighted by Crippen LogP contribution is -2.08. The molecule has 0 radical (unpaired) electrons. The number of hydrogen-bond acceptors (Lipinski definition) is 5. The maximum Gasteiger partial charge on any atom is 0.194 e. The van der Waals surface area contributed by atoms with Crippen molar-refractivity contribution in [2.45, 2.75) is 0 Å². The molecular formula is C60H34N8. The zero-order valence-electron chi connectivity index (χ0n) is 36.2. The third kappa shape index (κ3) is 6.47. The highest BCUT2D eigenvalue weighted by Gasteiger charge is 2.26. The molecule has 12 aromatic rings. The van der Waals surface area contributed by atoms with Gasteiger partial charge in [0, 0.05) is 32.7 Å². The van der Waals surface area contributed by atoms with Crippen molar-refractivity contribution in [3.63, 3.8) is 0 Å². The highest BCUT2D eigenvalue weighted by atomic mass is 15.1. The van der Waals surface area contributed by atoms with Crippen LogP contribution in [0.25, 0.3) is 116 Å². The molecule has 3 heterocycles. The molecule has 0 fully saturated rings. The quantitative estimate of drug-likeness (QED) is 0.149. The molecule has 9 aromatic carbocycles. The van der Waals surface area contributed by atoms with Gasteiger partial charge in [-0.05, 0) is 76.9 Å². The van der Waals surface area contributed by atoms with Gasteiger partial charge < -0.3 is 9.13 Å². The highest BCUT2D eigenvalue weighted by molar-refractivity contribution is 6.13. The summed E-state index contributed by atoms with van der Waals surface area (Å²) in [5.74, 6) is 1.43. The van der Waals surface area contributed by atoms with Crippen LogP contribution in [0.3, 0.4) is 0 Å². The van der Waals surface area contributed by atoms with Crippen LogP contribution >= 0.6 is 0 Å². The first-order valence-electron chi connectivity index (χ1n) is 22.1. The molecule has 0 unspecified atom stereocenters. The van der Waals surface area contributed by atoms with Gasteiger partial charge in [0.25, 0.3) is 0 Å².